The predicted octanol–water partition coefficient (Wildman–Crippen LogP) is 1.75. The summed E-state index contributed by atoms with van der Waals surface area (Å²) >= 11 is 0. The van der Waals surface area contributed by atoms with E-state index >= 15 is 0 Å². The van der Waals surface area contributed by atoms with E-state index in [1.807, 2.05) is 0 Å². The Balaban J connectivity index is 2.90. The van der Waals surface area contributed by atoms with Gasteiger partial charge in [0.15, 0.2) is 17.8 Å². The van der Waals surface area contributed by atoms with E-state index < -0.39 is 16.6 Å². The number of nitro groups is 1. The van der Waals surface area contributed by atoms with E-state index in [-0.39, 0.29) is 36.7 Å². The molecule has 0 amide bonds. The zero-order valence-corrected chi connectivity index (χ0v) is 11.7. The molecule has 0 atom stereocenters. The van der Waals surface area contributed by atoms with Crippen molar-refractivity contribution in [2.24, 2.45) is 0 Å². The SMILES string of the molecule is CCOC(=O)CCOc1cc([N+](=O)[O-])c(C=O)cc1OC. The molecule has 21 heavy (non-hydrogen) atoms. The van der Waals surface area contributed by atoms with E-state index in [0.29, 0.717) is 6.29 Å². The second kappa shape index (κ2) is 7.83. The van der Waals surface area contributed by atoms with Crippen LogP contribution >= 0.6 is 0 Å². The molecule has 0 aliphatic carbocycles. The van der Waals surface area contributed by atoms with Crippen molar-refractivity contribution in [1.29, 1.82) is 0 Å². The maximum absolute atomic E-state index is 11.2. The number of carbonyl (C=O) groups excluding carboxylic acids is 2. The van der Waals surface area contributed by atoms with E-state index in [1.54, 1.807) is 6.92 Å². The summed E-state index contributed by atoms with van der Waals surface area (Å²) in [7, 11) is 1.34. The third kappa shape index (κ3) is 4.44. The number of aldehydes is 1. The molecule has 0 bridgehead atoms. The largest absolute Gasteiger partial charge is 0.493 e. The van der Waals surface area contributed by atoms with Crippen LogP contribution in [-0.2, 0) is 9.53 Å². The summed E-state index contributed by atoms with van der Waals surface area (Å²) in [5.74, 6) is -0.180. The Hall–Kier alpha value is -2.64. The van der Waals surface area contributed by atoms with Gasteiger partial charge < -0.3 is 14.2 Å². The summed E-state index contributed by atoms with van der Waals surface area (Å²) in [6, 6.07) is 2.30. The van der Waals surface area contributed by atoms with Gasteiger partial charge in [-0.2, -0.15) is 0 Å². The van der Waals surface area contributed by atoms with Crippen LogP contribution in [0, 0.1) is 10.1 Å². The second-order valence-electron chi connectivity index (χ2n) is 3.84. The van der Waals surface area contributed by atoms with Crippen molar-refractivity contribution < 1.29 is 28.7 Å². The molecule has 0 spiro atoms. The fourth-order valence-electron chi connectivity index (χ4n) is 1.57. The van der Waals surface area contributed by atoms with Crippen LogP contribution in [0.3, 0.4) is 0 Å². The van der Waals surface area contributed by atoms with Crippen molar-refractivity contribution in [2.75, 3.05) is 20.3 Å². The Bertz CT molecular complexity index is 542. The molecule has 114 valence electrons. The molecule has 0 N–H and O–H groups in total. The van der Waals surface area contributed by atoms with E-state index in [2.05, 4.69) is 0 Å². The van der Waals surface area contributed by atoms with Crippen LogP contribution in [0.4, 0.5) is 5.69 Å². The van der Waals surface area contributed by atoms with Crippen molar-refractivity contribution in [1.82, 2.24) is 0 Å². The number of hydrogen-bond acceptors (Lipinski definition) is 7. The Morgan fingerprint density at radius 3 is 2.62 bits per heavy atom. The molecule has 0 heterocycles. The summed E-state index contributed by atoms with van der Waals surface area (Å²) in [6.07, 6.45) is 0.364. The van der Waals surface area contributed by atoms with Crippen molar-refractivity contribution >= 4 is 17.9 Å². The van der Waals surface area contributed by atoms with Gasteiger partial charge in [0.25, 0.3) is 5.69 Å². The molecule has 1 aromatic carbocycles. The number of rotatable bonds is 8. The third-order valence-corrected chi connectivity index (χ3v) is 2.51. The first kappa shape index (κ1) is 16.4. The molecule has 1 rings (SSSR count). The lowest BCUT2D eigenvalue weighted by atomic mass is 10.1. The van der Waals surface area contributed by atoms with E-state index in [4.69, 9.17) is 14.2 Å². The van der Waals surface area contributed by atoms with Crippen LogP contribution < -0.4 is 9.47 Å². The average molecular weight is 297 g/mol. The second-order valence-corrected chi connectivity index (χ2v) is 3.84. The van der Waals surface area contributed by atoms with Crippen LogP contribution in [-0.4, -0.2) is 37.5 Å². The molecule has 8 heteroatoms. The summed E-state index contributed by atoms with van der Waals surface area (Å²) in [5, 5.41) is 10.9. The van der Waals surface area contributed by atoms with Crippen LogP contribution in [0.15, 0.2) is 12.1 Å². The van der Waals surface area contributed by atoms with Crippen molar-refractivity contribution in [2.45, 2.75) is 13.3 Å². The zero-order valence-electron chi connectivity index (χ0n) is 11.7. The van der Waals surface area contributed by atoms with Crippen LogP contribution in [0.1, 0.15) is 23.7 Å². The lowest BCUT2D eigenvalue weighted by molar-refractivity contribution is -0.385. The molecular weight excluding hydrogens is 282 g/mol. The summed E-state index contributed by atoms with van der Waals surface area (Å²) in [6.45, 7) is 1.93. The average Bonchev–Trinajstić information content (AvgIpc) is 2.46. The molecule has 0 aromatic heterocycles. The van der Waals surface area contributed by atoms with Gasteiger partial charge in [-0.05, 0) is 6.92 Å². The Morgan fingerprint density at radius 2 is 2.10 bits per heavy atom. The van der Waals surface area contributed by atoms with Gasteiger partial charge in [0, 0.05) is 6.07 Å². The normalized spacial score (nSPS) is 9.81. The summed E-state index contributed by atoms with van der Waals surface area (Å²) in [5.41, 5.74) is -0.508. The maximum atomic E-state index is 11.2. The van der Waals surface area contributed by atoms with Crippen molar-refractivity contribution in [3.05, 3.63) is 27.8 Å². The molecule has 0 saturated heterocycles. The molecule has 1 aromatic rings. The van der Waals surface area contributed by atoms with Crippen molar-refractivity contribution in [3.63, 3.8) is 0 Å². The topological polar surface area (TPSA) is 105 Å². The minimum Gasteiger partial charge on any atom is -0.493 e. The number of nitro benzene ring substituents is 1. The Kier molecular flexibility index (Phi) is 6.12. The monoisotopic (exact) mass is 297 g/mol. The van der Waals surface area contributed by atoms with Gasteiger partial charge in [-0.1, -0.05) is 0 Å². The van der Waals surface area contributed by atoms with E-state index in [9.17, 15) is 19.7 Å². The number of benzene rings is 1. The quantitative estimate of drug-likeness (QED) is 0.311. The van der Waals surface area contributed by atoms with Gasteiger partial charge in [0.2, 0.25) is 0 Å². The van der Waals surface area contributed by atoms with Crippen LogP contribution in [0.2, 0.25) is 0 Å². The number of nitrogens with zero attached hydrogens (tertiary/aromatic N) is 1. The fourth-order valence-corrected chi connectivity index (χ4v) is 1.57. The number of hydrogen-bond donors (Lipinski definition) is 0. The lowest BCUT2D eigenvalue weighted by Gasteiger charge is -2.11. The molecule has 0 radical (unpaired) electrons. The van der Waals surface area contributed by atoms with Gasteiger partial charge in [-0.25, -0.2) is 0 Å². The molecule has 0 unspecified atom stereocenters. The standard InChI is InChI=1S/C13H15NO7/c1-3-20-13(16)4-5-21-12-7-10(14(17)18)9(8-15)6-11(12)19-2/h6-8H,3-5H2,1-2H3. The lowest BCUT2D eigenvalue weighted by Crippen LogP contribution is -2.10. The predicted molar refractivity (Wildman–Crippen MR) is 71.8 cm³/mol. The highest BCUT2D eigenvalue weighted by atomic mass is 16.6. The maximum Gasteiger partial charge on any atom is 0.309 e. The van der Waals surface area contributed by atoms with Gasteiger partial charge >= 0.3 is 5.97 Å². The molecule has 8 nitrogen and oxygen atoms in total. The highest BCUT2D eigenvalue weighted by Gasteiger charge is 2.19. The number of methoxy groups -OCH3 is 1. The number of carbonyl (C=O) groups is 2. The first-order valence-corrected chi connectivity index (χ1v) is 6.13. The third-order valence-electron chi connectivity index (χ3n) is 2.51. The molecule has 0 saturated carbocycles. The van der Waals surface area contributed by atoms with Crippen LogP contribution in [0.5, 0.6) is 11.5 Å². The highest BCUT2D eigenvalue weighted by Crippen LogP contribution is 2.34. The molecular formula is C13H15NO7. The smallest absolute Gasteiger partial charge is 0.309 e. The highest BCUT2D eigenvalue weighted by molar-refractivity contribution is 5.83. The number of esters is 1. The summed E-state index contributed by atoms with van der Waals surface area (Å²) in [4.78, 5) is 32.2. The van der Waals surface area contributed by atoms with Gasteiger partial charge in [0.05, 0.1) is 43.3 Å². The fraction of sp³-hybridized carbons (Fsp3) is 0.385. The van der Waals surface area contributed by atoms with Gasteiger partial charge in [-0.15, -0.1) is 0 Å². The minimum atomic E-state index is -0.693. The zero-order chi connectivity index (χ0) is 15.8. The molecule has 0 fully saturated rings. The van der Waals surface area contributed by atoms with E-state index in [1.165, 1.54) is 13.2 Å². The summed E-state index contributed by atoms with van der Waals surface area (Å²) < 4.78 is 15.0. The number of ether oxygens (including phenoxy) is 3. The molecule has 0 aliphatic rings. The van der Waals surface area contributed by atoms with Gasteiger partial charge in [-0.3, -0.25) is 19.7 Å². The van der Waals surface area contributed by atoms with Crippen molar-refractivity contribution in [3.8, 4) is 11.5 Å². The minimum absolute atomic E-state index is 0.000222. The Morgan fingerprint density at radius 1 is 1.38 bits per heavy atom. The first-order chi connectivity index (χ1) is 10.0. The van der Waals surface area contributed by atoms with E-state index in [0.717, 1.165) is 6.07 Å². The van der Waals surface area contributed by atoms with Crippen LogP contribution in [0.25, 0.3) is 0 Å². The Labute approximate surface area is 120 Å². The van der Waals surface area contributed by atoms with Gasteiger partial charge in [0.1, 0.15) is 0 Å². The molecule has 0 aliphatic heterocycles. The first-order valence-electron chi connectivity index (χ1n) is 6.13.